The Morgan fingerprint density at radius 1 is 0.659 bits per heavy atom. The van der Waals surface area contributed by atoms with E-state index >= 15 is 0 Å². The molecule has 0 amide bonds. The van der Waals surface area contributed by atoms with E-state index in [9.17, 15) is 19.8 Å². The topological polar surface area (TPSA) is 117 Å². The standard InChI is InChI=1S/C36H44N2O6/c1-3-5-7-9-19-43-27-15-11-25(12-16-27)23-37-29-21-31(39)34-33(35(29)41)32(40)22-30(36(34)42)38-24-26-13-17-28(18-14-26)44-20-10-8-6-4-2/h11-18,21-22,37-39,41H,3-10,19-20,23-24H2,1-2H3. The van der Waals surface area contributed by atoms with Gasteiger partial charge in [0.2, 0.25) is 5.78 Å². The maximum absolute atomic E-state index is 13.2. The van der Waals surface area contributed by atoms with E-state index in [1.807, 2.05) is 48.5 Å². The van der Waals surface area contributed by atoms with Crippen LogP contribution < -0.4 is 20.1 Å². The first-order chi connectivity index (χ1) is 21.4. The number of phenols is 2. The fourth-order valence-corrected chi connectivity index (χ4v) is 5.04. The number of benzene rings is 3. The maximum atomic E-state index is 13.2. The number of carbonyl (C=O) groups is 2. The van der Waals surface area contributed by atoms with Crippen LogP contribution in [0.5, 0.6) is 23.0 Å². The lowest BCUT2D eigenvalue weighted by Gasteiger charge is -2.21. The molecule has 3 aromatic carbocycles. The van der Waals surface area contributed by atoms with Gasteiger partial charge in [-0.05, 0) is 48.2 Å². The molecule has 0 atom stereocenters. The van der Waals surface area contributed by atoms with Crippen molar-refractivity contribution in [2.45, 2.75) is 78.3 Å². The summed E-state index contributed by atoms with van der Waals surface area (Å²) in [6, 6.07) is 16.4. The predicted octanol–water partition coefficient (Wildman–Crippen LogP) is 7.68. The first-order valence-corrected chi connectivity index (χ1v) is 15.7. The Kier molecular flexibility index (Phi) is 12.1. The number of ether oxygens (including phenoxy) is 2. The third kappa shape index (κ3) is 8.78. The molecular formula is C36H44N2O6. The van der Waals surface area contributed by atoms with Crippen molar-refractivity contribution in [2.24, 2.45) is 0 Å². The number of anilines is 1. The van der Waals surface area contributed by atoms with Crippen molar-refractivity contribution in [1.82, 2.24) is 5.32 Å². The summed E-state index contributed by atoms with van der Waals surface area (Å²) in [5.41, 5.74) is 1.61. The minimum Gasteiger partial charge on any atom is -0.507 e. The Hall–Kier alpha value is -4.46. The van der Waals surface area contributed by atoms with Gasteiger partial charge in [-0.15, -0.1) is 0 Å². The molecule has 0 spiro atoms. The molecule has 4 N–H and O–H groups in total. The van der Waals surface area contributed by atoms with Crippen molar-refractivity contribution in [3.8, 4) is 23.0 Å². The Labute approximate surface area is 260 Å². The van der Waals surface area contributed by atoms with Crippen LogP contribution in [-0.2, 0) is 13.1 Å². The fourth-order valence-electron chi connectivity index (χ4n) is 5.04. The van der Waals surface area contributed by atoms with E-state index in [0.29, 0.717) is 26.3 Å². The van der Waals surface area contributed by atoms with Crippen molar-refractivity contribution in [3.05, 3.63) is 88.6 Å². The number of hydrogen-bond donors (Lipinski definition) is 4. The second-order valence-corrected chi connectivity index (χ2v) is 11.1. The van der Waals surface area contributed by atoms with Gasteiger partial charge in [0.25, 0.3) is 0 Å². The highest BCUT2D eigenvalue weighted by atomic mass is 16.5. The third-order valence-corrected chi connectivity index (χ3v) is 7.62. The van der Waals surface area contributed by atoms with Crippen molar-refractivity contribution in [3.63, 3.8) is 0 Å². The van der Waals surface area contributed by atoms with Crippen LogP contribution in [0, 0.1) is 0 Å². The van der Waals surface area contributed by atoms with Gasteiger partial charge in [-0.25, -0.2) is 0 Å². The lowest BCUT2D eigenvalue weighted by atomic mass is 9.90. The average molecular weight is 601 g/mol. The largest absolute Gasteiger partial charge is 0.507 e. The second kappa shape index (κ2) is 16.4. The lowest BCUT2D eigenvalue weighted by Crippen LogP contribution is -2.27. The van der Waals surface area contributed by atoms with Crippen LogP contribution in [0.4, 0.5) is 5.69 Å². The highest BCUT2D eigenvalue weighted by Crippen LogP contribution is 2.40. The summed E-state index contributed by atoms with van der Waals surface area (Å²) in [5.74, 6) is -0.297. The number of unbranched alkanes of at least 4 members (excludes halogenated alkanes) is 6. The minimum absolute atomic E-state index is 0.0573. The van der Waals surface area contributed by atoms with Gasteiger partial charge < -0.3 is 30.3 Å². The van der Waals surface area contributed by atoms with Gasteiger partial charge in [0.05, 0.1) is 35.7 Å². The van der Waals surface area contributed by atoms with Crippen LogP contribution in [0.2, 0.25) is 0 Å². The smallest absolute Gasteiger partial charge is 0.213 e. The zero-order valence-corrected chi connectivity index (χ0v) is 25.8. The number of Topliss-reactive ketones (excluding diaryl/α,β-unsaturated/α-hetero) is 1. The van der Waals surface area contributed by atoms with Gasteiger partial charge >= 0.3 is 0 Å². The highest BCUT2D eigenvalue weighted by Gasteiger charge is 2.32. The Balaban J connectivity index is 1.33. The van der Waals surface area contributed by atoms with Gasteiger partial charge in [0.15, 0.2) is 11.5 Å². The van der Waals surface area contributed by atoms with E-state index in [-0.39, 0.29) is 34.0 Å². The quantitative estimate of drug-likeness (QED) is 0.0667. The summed E-state index contributed by atoms with van der Waals surface area (Å²) in [7, 11) is 0. The number of carbonyl (C=O) groups excluding carboxylic acids is 2. The highest BCUT2D eigenvalue weighted by molar-refractivity contribution is 6.27. The zero-order chi connectivity index (χ0) is 31.3. The fraction of sp³-hybridized carbons (Fsp3) is 0.389. The van der Waals surface area contributed by atoms with Gasteiger partial charge in [0, 0.05) is 25.2 Å². The Morgan fingerprint density at radius 2 is 1.18 bits per heavy atom. The van der Waals surface area contributed by atoms with Crippen LogP contribution >= 0.6 is 0 Å². The third-order valence-electron chi connectivity index (χ3n) is 7.62. The van der Waals surface area contributed by atoms with Crippen molar-refractivity contribution >= 4 is 17.3 Å². The van der Waals surface area contributed by atoms with Crippen LogP contribution in [0.3, 0.4) is 0 Å². The number of rotatable bonds is 18. The molecule has 4 rings (SSSR count). The molecule has 234 valence electrons. The van der Waals surface area contributed by atoms with E-state index < -0.39 is 11.6 Å². The number of hydrogen-bond acceptors (Lipinski definition) is 8. The number of fused-ring (bicyclic) bond motifs is 1. The summed E-state index contributed by atoms with van der Waals surface area (Å²) < 4.78 is 11.6. The number of allylic oxidation sites excluding steroid dienone is 2. The first-order valence-electron chi connectivity index (χ1n) is 15.7. The SMILES string of the molecule is CCCCCCOc1ccc(CNC2=CC(=O)c3c(O)c(NCc4ccc(OCCCCCC)cc4)cc(O)c3C2=O)cc1. The summed E-state index contributed by atoms with van der Waals surface area (Å²) in [5, 5.41) is 27.8. The van der Waals surface area contributed by atoms with Gasteiger partial charge in [-0.2, -0.15) is 0 Å². The Morgan fingerprint density at radius 3 is 1.70 bits per heavy atom. The monoisotopic (exact) mass is 600 g/mol. The van der Waals surface area contributed by atoms with Crippen molar-refractivity contribution in [2.75, 3.05) is 18.5 Å². The Bertz CT molecular complexity index is 1430. The molecule has 3 aromatic rings. The predicted molar refractivity (Wildman–Crippen MR) is 173 cm³/mol. The molecular weight excluding hydrogens is 556 g/mol. The van der Waals surface area contributed by atoms with Gasteiger partial charge in [-0.3, -0.25) is 9.59 Å². The second-order valence-electron chi connectivity index (χ2n) is 11.1. The van der Waals surface area contributed by atoms with Crippen molar-refractivity contribution < 1.29 is 29.3 Å². The van der Waals surface area contributed by atoms with E-state index in [2.05, 4.69) is 24.5 Å². The van der Waals surface area contributed by atoms with Crippen molar-refractivity contribution in [1.29, 1.82) is 0 Å². The molecule has 0 heterocycles. The minimum atomic E-state index is -0.564. The number of ketones is 2. The molecule has 0 aliphatic heterocycles. The van der Waals surface area contributed by atoms with E-state index in [1.165, 1.54) is 37.8 Å². The molecule has 8 nitrogen and oxygen atoms in total. The summed E-state index contributed by atoms with van der Waals surface area (Å²) in [6.45, 7) is 6.34. The molecule has 0 fully saturated rings. The average Bonchev–Trinajstić information content (AvgIpc) is 3.03. The molecule has 1 aliphatic carbocycles. The molecule has 0 unspecified atom stereocenters. The number of phenolic OH excluding ortho intramolecular Hbond substituents is 2. The summed E-state index contributed by atoms with van der Waals surface area (Å²) in [4.78, 5) is 26.3. The summed E-state index contributed by atoms with van der Waals surface area (Å²) in [6.07, 6.45) is 10.3. The number of nitrogens with one attached hydrogen (secondary N) is 2. The van der Waals surface area contributed by atoms with Crippen LogP contribution in [0.1, 0.15) is 97.1 Å². The zero-order valence-electron chi connectivity index (χ0n) is 25.8. The summed E-state index contributed by atoms with van der Waals surface area (Å²) >= 11 is 0. The molecule has 1 aliphatic rings. The molecule has 44 heavy (non-hydrogen) atoms. The first kappa shape index (κ1) is 32.5. The van der Waals surface area contributed by atoms with Crippen LogP contribution in [0.25, 0.3) is 0 Å². The molecule has 0 aromatic heterocycles. The number of aromatic hydroxyl groups is 2. The van der Waals surface area contributed by atoms with Crippen LogP contribution in [-0.4, -0.2) is 35.0 Å². The van der Waals surface area contributed by atoms with Crippen LogP contribution in [0.15, 0.2) is 66.4 Å². The van der Waals surface area contributed by atoms with E-state index in [4.69, 9.17) is 9.47 Å². The van der Waals surface area contributed by atoms with E-state index in [1.54, 1.807) is 0 Å². The van der Waals surface area contributed by atoms with E-state index in [0.717, 1.165) is 48.3 Å². The van der Waals surface area contributed by atoms with Gasteiger partial charge in [-0.1, -0.05) is 76.6 Å². The molecule has 0 bridgehead atoms. The molecule has 8 heteroatoms. The molecule has 0 saturated carbocycles. The normalized spacial score (nSPS) is 12.5. The molecule has 0 radical (unpaired) electrons. The lowest BCUT2D eigenvalue weighted by molar-refractivity contribution is 0.0973. The maximum Gasteiger partial charge on any atom is 0.213 e. The van der Waals surface area contributed by atoms with Gasteiger partial charge in [0.1, 0.15) is 17.2 Å². The molecule has 0 saturated heterocycles.